The van der Waals surface area contributed by atoms with Gasteiger partial charge in [0.1, 0.15) is 4.70 Å². The minimum absolute atomic E-state index is 0.120. The number of benzene rings is 4. The maximum absolute atomic E-state index is 13.5. The molecule has 0 radical (unpaired) electrons. The number of thiazole rings is 1. The van der Waals surface area contributed by atoms with E-state index < -0.39 is 0 Å². The molecule has 3 aromatic heterocycles. The summed E-state index contributed by atoms with van der Waals surface area (Å²) in [6.07, 6.45) is 0. The van der Waals surface area contributed by atoms with Crippen molar-refractivity contribution in [2.24, 2.45) is 0 Å². The van der Waals surface area contributed by atoms with Crippen LogP contribution in [0.25, 0.3) is 60.0 Å². The average Bonchev–Trinajstić information content (AvgIpc) is 3.32. The summed E-state index contributed by atoms with van der Waals surface area (Å²) in [5, 5.41) is 0.573. The largest absolute Gasteiger partial charge is 0.268 e. The summed E-state index contributed by atoms with van der Waals surface area (Å²) in [5.74, 6) is 0.574. The van der Waals surface area contributed by atoms with Crippen molar-refractivity contribution >= 4 is 37.5 Å². The Balaban J connectivity index is 1.52. The zero-order valence-corrected chi connectivity index (χ0v) is 19.8. The van der Waals surface area contributed by atoms with E-state index in [0.717, 1.165) is 32.6 Å². The lowest BCUT2D eigenvalue weighted by Gasteiger charge is -2.08. The average molecular weight is 483 g/mol. The zero-order valence-electron chi connectivity index (χ0n) is 19.0. The van der Waals surface area contributed by atoms with Gasteiger partial charge < -0.3 is 0 Å². The minimum atomic E-state index is -0.120. The van der Waals surface area contributed by atoms with E-state index in [0.29, 0.717) is 27.3 Å². The number of aromatic nitrogens is 4. The Bertz CT molecular complexity index is 1940. The maximum atomic E-state index is 13.5. The minimum Gasteiger partial charge on any atom is -0.268 e. The van der Waals surface area contributed by atoms with E-state index in [9.17, 15) is 4.79 Å². The third-order valence-electron chi connectivity index (χ3n) is 6.30. The molecule has 0 aliphatic carbocycles. The van der Waals surface area contributed by atoms with Crippen LogP contribution in [-0.4, -0.2) is 19.4 Å². The molecular formula is C30H18N4OS. The lowest BCUT2D eigenvalue weighted by Crippen LogP contribution is -2.14. The highest BCUT2D eigenvalue weighted by Gasteiger charge is 2.19. The second kappa shape index (κ2) is 8.22. The van der Waals surface area contributed by atoms with Crippen molar-refractivity contribution in [3.8, 4) is 33.8 Å². The lowest BCUT2D eigenvalue weighted by atomic mass is 10.0. The Morgan fingerprint density at radius 2 is 1.19 bits per heavy atom. The highest BCUT2D eigenvalue weighted by molar-refractivity contribution is 7.24. The first-order valence-electron chi connectivity index (χ1n) is 11.6. The van der Waals surface area contributed by atoms with Crippen molar-refractivity contribution < 1.29 is 0 Å². The monoisotopic (exact) mass is 482 g/mol. The summed E-state index contributed by atoms with van der Waals surface area (Å²) in [6.45, 7) is 0. The molecule has 0 bridgehead atoms. The second-order valence-electron chi connectivity index (χ2n) is 8.51. The number of fused-ring (bicyclic) bond motifs is 4. The molecule has 170 valence electrons. The molecule has 0 N–H and O–H groups in total. The van der Waals surface area contributed by atoms with Gasteiger partial charge >= 0.3 is 0 Å². The van der Waals surface area contributed by atoms with Crippen LogP contribution in [0.3, 0.4) is 0 Å². The zero-order chi connectivity index (χ0) is 24.1. The molecule has 0 spiro atoms. The summed E-state index contributed by atoms with van der Waals surface area (Å²) in [6, 6.07) is 35.9. The highest BCUT2D eigenvalue weighted by atomic mass is 32.1. The Morgan fingerprint density at radius 3 is 1.94 bits per heavy atom. The van der Waals surface area contributed by atoms with Crippen LogP contribution in [0.15, 0.2) is 114 Å². The molecule has 0 saturated carbocycles. The quantitative estimate of drug-likeness (QED) is 0.276. The van der Waals surface area contributed by atoms with Gasteiger partial charge in [0.25, 0.3) is 5.56 Å². The summed E-state index contributed by atoms with van der Waals surface area (Å²) in [7, 11) is 0. The molecule has 7 aromatic rings. The van der Waals surface area contributed by atoms with Gasteiger partial charge in [-0.25, -0.2) is 19.4 Å². The van der Waals surface area contributed by atoms with Crippen molar-refractivity contribution in [1.29, 1.82) is 0 Å². The van der Waals surface area contributed by atoms with Gasteiger partial charge in [-0.05, 0) is 23.3 Å². The molecule has 0 unspecified atom stereocenters. The van der Waals surface area contributed by atoms with Crippen LogP contribution in [0.5, 0.6) is 0 Å². The first kappa shape index (κ1) is 20.7. The fraction of sp³-hybridized carbons (Fsp3) is 0. The number of hydrogen-bond donors (Lipinski definition) is 0. The molecule has 0 aliphatic heterocycles. The third kappa shape index (κ3) is 3.31. The Hall–Kier alpha value is -4.68. The van der Waals surface area contributed by atoms with Crippen LogP contribution in [-0.2, 0) is 0 Å². The molecule has 0 fully saturated rings. The summed E-state index contributed by atoms with van der Waals surface area (Å²) in [5.41, 5.74) is 6.07. The van der Waals surface area contributed by atoms with E-state index in [1.54, 1.807) is 4.40 Å². The second-order valence-corrected chi connectivity index (χ2v) is 9.49. The van der Waals surface area contributed by atoms with E-state index in [2.05, 4.69) is 36.4 Å². The Morgan fingerprint density at radius 1 is 0.583 bits per heavy atom. The van der Waals surface area contributed by atoms with E-state index in [4.69, 9.17) is 15.0 Å². The molecular weight excluding hydrogens is 464 g/mol. The molecule has 0 atom stereocenters. The SMILES string of the molecule is O=c1c2ccccc2nc2sc3c(-c4ccc(-c5ccccc5)cc4)nc(-c4ccccc4)nc3n12. The van der Waals surface area contributed by atoms with Crippen LogP contribution in [0.1, 0.15) is 0 Å². The fourth-order valence-electron chi connectivity index (χ4n) is 4.51. The van der Waals surface area contributed by atoms with Crippen molar-refractivity contribution in [2.45, 2.75) is 0 Å². The smallest absolute Gasteiger partial charge is 0.268 e. The Kier molecular flexibility index (Phi) is 4.72. The topological polar surface area (TPSA) is 60.2 Å². The molecule has 0 amide bonds. The van der Waals surface area contributed by atoms with E-state index in [1.165, 1.54) is 11.3 Å². The number of nitrogens with zero attached hydrogens (tertiary/aromatic N) is 4. The molecule has 36 heavy (non-hydrogen) atoms. The van der Waals surface area contributed by atoms with Crippen LogP contribution < -0.4 is 5.56 Å². The van der Waals surface area contributed by atoms with Crippen LogP contribution >= 0.6 is 11.3 Å². The molecule has 0 saturated heterocycles. The van der Waals surface area contributed by atoms with Gasteiger partial charge in [-0.15, -0.1) is 0 Å². The van der Waals surface area contributed by atoms with Gasteiger partial charge in [-0.3, -0.25) is 4.79 Å². The van der Waals surface area contributed by atoms with Crippen molar-refractivity contribution in [3.63, 3.8) is 0 Å². The standard InChI is InChI=1S/C30H18N4OS/c35-29-23-13-7-8-14-24(23)31-30-34(29)28-26(36-30)25(32-27(33-28)22-11-5-2-6-12-22)21-17-15-20(16-18-21)19-9-3-1-4-10-19/h1-18H. The van der Waals surface area contributed by atoms with Crippen molar-refractivity contribution in [2.75, 3.05) is 0 Å². The van der Waals surface area contributed by atoms with Gasteiger partial charge in [-0.2, -0.15) is 0 Å². The molecule has 7 rings (SSSR count). The van der Waals surface area contributed by atoms with Gasteiger partial charge in [0, 0.05) is 11.1 Å². The molecule has 6 heteroatoms. The van der Waals surface area contributed by atoms with Crippen LogP contribution in [0.2, 0.25) is 0 Å². The number of hydrogen-bond acceptors (Lipinski definition) is 5. The van der Waals surface area contributed by atoms with Gasteiger partial charge in [0.2, 0.25) is 0 Å². The first-order valence-corrected chi connectivity index (χ1v) is 12.4. The normalized spacial score (nSPS) is 11.4. The lowest BCUT2D eigenvalue weighted by molar-refractivity contribution is 1.10. The molecule has 5 nitrogen and oxygen atoms in total. The third-order valence-corrected chi connectivity index (χ3v) is 7.33. The van der Waals surface area contributed by atoms with Crippen LogP contribution in [0.4, 0.5) is 0 Å². The van der Waals surface area contributed by atoms with Gasteiger partial charge in [-0.1, -0.05) is 108 Å². The number of rotatable bonds is 3. The predicted octanol–water partition coefficient (Wildman–Crippen LogP) is 6.85. The predicted molar refractivity (Wildman–Crippen MR) is 146 cm³/mol. The molecule has 0 aliphatic rings. The van der Waals surface area contributed by atoms with Crippen molar-refractivity contribution in [3.05, 3.63) is 120 Å². The van der Waals surface area contributed by atoms with E-state index in [1.807, 2.05) is 72.8 Å². The summed E-state index contributed by atoms with van der Waals surface area (Å²) >= 11 is 1.44. The fourth-order valence-corrected chi connectivity index (χ4v) is 5.58. The molecule has 4 aromatic carbocycles. The van der Waals surface area contributed by atoms with E-state index >= 15 is 0 Å². The van der Waals surface area contributed by atoms with Gasteiger partial charge in [0.15, 0.2) is 16.4 Å². The van der Waals surface area contributed by atoms with Crippen LogP contribution in [0, 0.1) is 0 Å². The first-order chi connectivity index (χ1) is 17.8. The highest BCUT2D eigenvalue weighted by Crippen LogP contribution is 2.35. The van der Waals surface area contributed by atoms with Crippen molar-refractivity contribution in [1.82, 2.24) is 19.4 Å². The Labute approximate surface area is 210 Å². The maximum Gasteiger partial charge on any atom is 0.268 e. The summed E-state index contributed by atoms with van der Waals surface area (Å²) in [4.78, 5) is 28.8. The summed E-state index contributed by atoms with van der Waals surface area (Å²) < 4.78 is 2.46. The van der Waals surface area contributed by atoms with Gasteiger partial charge in [0.05, 0.1) is 16.6 Å². The number of para-hydroxylation sites is 1. The van der Waals surface area contributed by atoms with E-state index in [-0.39, 0.29) is 5.56 Å². The molecule has 3 heterocycles.